The first-order chi connectivity index (χ1) is 6.33. The highest BCUT2D eigenvalue weighted by Gasteiger charge is 2.30. The molecular formula is C9H18O3P+. The monoisotopic (exact) mass is 205 g/mol. The second kappa shape index (κ2) is 6.47. The summed E-state index contributed by atoms with van der Waals surface area (Å²) >= 11 is 0. The van der Waals surface area contributed by atoms with Crippen molar-refractivity contribution < 1.29 is 13.6 Å². The molecule has 0 aromatic heterocycles. The minimum absolute atomic E-state index is 0.463. The van der Waals surface area contributed by atoms with Crippen LogP contribution in [0.1, 0.15) is 39.0 Å². The number of rotatable bonds is 5. The van der Waals surface area contributed by atoms with Crippen LogP contribution in [0.15, 0.2) is 0 Å². The number of hydrogen-bond acceptors (Lipinski definition) is 3. The molecular weight excluding hydrogens is 187 g/mol. The molecule has 0 aromatic carbocycles. The third-order valence-corrected chi connectivity index (χ3v) is 3.02. The average molecular weight is 205 g/mol. The largest absolute Gasteiger partial charge is 0.697 e. The van der Waals surface area contributed by atoms with Gasteiger partial charge in [-0.3, -0.25) is 0 Å². The minimum Gasteiger partial charge on any atom is -0.119 e. The van der Waals surface area contributed by atoms with E-state index < -0.39 is 8.25 Å². The highest BCUT2D eigenvalue weighted by molar-refractivity contribution is 7.33. The third kappa shape index (κ3) is 4.70. The maximum absolute atomic E-state index is 10.7. The molecule has 13 heavy (non-hydrogen) atoms. The van der Waals surface area contributed by atoms with Crippen LogP contribution in [0.2, 0.25) is 0 Å². The van der Waals surface area contributed by atoms with Gasteiger partial charge in [0.25, 0.3) is 0 Å². The highest BCUT2D eigenvalue weighted by atomic mass is 31.1. The Balaban J connectivity index is 1.99. The van der Waals surface area contributed by atoms with Gasteiger partial charge in [-0.15, -0.1) is 9.05 Å². The summed E-state index contributed by atoms with van der Waals surface area (Å²) in [5.74, 6) is 0.463. The molecule has 1 aliphatic heterocycles. The predicted octanol–water partition coefficient (Wildman–Crippen LogP) is 3.28. The van der Waals surface area contributed by atoms with E-state index in [2.05, 4.69) is 6.92 Å². The van der Waals surface area contributed by atoms with Crippen LogP contribution in [-0.4, -0.2) is 13.2 Å². The zero-order valence-electron chi connectivity index (χ0n) is 8.20. The number of unbranched alkanes of at least 4 members (excludes halogenated alkanes) is 3. The lowest BCUT2D eigenvalue weighted by Gasteiger charge is -2.13. The Morgan fingerprint density at radius 2 is 1.92 bits per heavy atom. The fourth-order valence-electron chi connectivity index (χ4n) is 1.44. The van der Waals surface area contributed by atoms with Crippen molar-refractivity contribution in [1.82, 2.24) is 0 Å². The normalized spacial score (nSPS) is 26.2. The van der Waals surface area contributed by atoms with Crippen molar-refractivity contribution in [2.24, 2.45) is 5.92 Å². The molecule has 76 valence electrons. The Morgan fingerprint density at radius 1 is 1.23 bits per heavy atom. The van der Waals surface area contributed by atoms with Crippen LogP contribution in [-0.2, 0) is 13.6 Å². The van der Waals surface area contributed by atoms with Gasteiger partial charge >= 0.3 is 8.25 Å². The Hall–Kier alpha value is 0.0200. The predicted molar refractivity (Wildman–Crippen MR) is 51.8 cm³/mol. The van der Waals surface area contributed by atoms with E-state index in [4.69, 9.17) is 9.05 Å². The minimum atomic E-state index is -1.79. The summed E-state index contributed by atoms with van der Waals surface area (Å²) in [5.41, 5.74) is 0. The SMILES string of the molecule is CCCCCCC1CO[P+](=O)OC1. The fraction of sp³-hybridized carbons (Fsp3) is 1.00. The molecule has 0 atom stereocenters. The topological polar surface area (TPSA) is 35.5 Å². The van der Waals surface area contributed by atoms with Crippen LogP contribution in [0.3, 0.4) is 0 Å². The molecule has 1 heterocycles. The van der Waals surface area contributed by atoms with Crippen LogP contribution >= 0.6 is 8.25 Å². The van der Waals surface area contributed by atoms with Gasteiger partial charge in [-0.25, -0.2) is 0 Å². The zero-order valence-corrected chi connectivity index (χ0v) is 9.09. The molecule has 1 rings (SSSR count). The van der Waals surface area contributed by atoms with Crippen LogP contribution in [0, 0.1) is 5.92 Å². The summed E-state index contributed by atoms with van der Waals surface area (Å²) in [5, 5.41) is 0. The molecule has 3 nitrogen and oxygen atoms in total. The van der Waals surface area contributed by atoms with Crippen molar-refractivity contribution in [3.8, 4) is 0 Å². The Labute approximate surface area is 80.8 Å². The average Bonchev–Trinajstić information content (AvgIpc) is 2.15. The molecule has 4 heteroatoms. The van der Waals surface area contributed by atoms with Crippen molar-refractivity contribution in [3.63, 3.8) is 0 Å². The van der Waals surface area contributed by atoms with Gasteiger partial charge in [0.05, 0.1) is 0 Å². The Bertz CT molecular complexity index is 151. The van der Waals surface area contributed by atoms with E-state index >= 15 is 0 Å². The molecule has 0 aromatic rings. The third-order valence-electron chi connectivity index (χ3n) is 2.30. The van der Waals surface area contributed by atoms with Crippen molar-refractivity contribution in [3.05, 3.63) is 0 Å². The molecule has 0 spiro atoms. The summed E-state index contributed by atoms with van der Waals surface area (Å²) in [6, 6.07) is 0. The molecule has 1 aliphatic rings. The summed E-state index contributed by atoms with van der Waals surface area (Å²) in [4.78, 5) is 0. The number of hydrogen-bond donors (Lipinski definition) is 0. The van der Waals surface area contributed by atoms with E-state index in [1.165, 1.54) is 25.7 Å². The van der Waals surface area contributed by atoms with Crippen molar-refractivity contribution >= 4 is 8.25 Å². The molecule has 0 N–H and O–H groups in total. The second-order valence-electron chi connectivity index (χ2n) is 3.53. The van der Waals surface area contributed by atoms with Crippen LogP contribution < -0.4 is 0 Å². The molecule has 0 radical (unpaired) electrons. The molecule has 0 amide bonds. The molecule has 0 saturated carbocycles. The molecule has 0 aliphatic carbocycles. The van der Waals surface area contributed by atoms with Gasteiger partial charge in [0.2, 0.25) is 0 Å². The van der Waals surface area contributed by atoms with Gasteiger partial charge < -0.3 is 0 Å². The van der Waals surface area contributed by atoms with Gasteiger partial charge in [0, 0.05) is 10.5 Å². The fourth-order valence-corrected chi connectivity index (χ4v) is 2.18. The maximum atomic E-state index is 10.7. The van der Waals surface area contributed by atoms with Gasteiger partial charge in [-0.05, 0) is 6.42 Å². The van der Waals surface area contributed by atoms with E-state index in [0.29, 0.717) is 19.1 Å². The standard InChI is InChI=1S/C9H18O3P/c1-2-3-4-5-6-9-7-11-13(10)12-8-9/h9H,2-8H2,1H3/q+1. The molecule has 1 saturated heterocycles. The second-order valence-corrected chi connectivity index (χ2v) is 4.49. The van der Waals surface area contributed by atoms with Crippen molar-refractivity contribution in [1.29, 1.82) is 0 Å². The van der Waals surface area contributed by atoms with Crippen LogP contribution in [0.4, 0.5) is 0 Å². The first kappa shape index (κ1) is 11.1. The zero-order chi connectivity index (χ0) is 9.52. The lowest BCUT2D eigenvalue weighted by atomic mass is 10.0. The summed E-state index contributed by atoms with van der Waals surface area (Å²) in [6.45, 7) is 3.43. The van der Waals surface area contributed by atoms with Crippen LogP contribution in [0.25, 0.3) is 0 Å². The van der Waals surface area contributed by atoms with E-state index in [-0.39, 0.29) is 0 Å². The Morgan fingerprint density at radius 3 is 2.54 bits per heavy atom. The first-order valence-electron chi connectivity index (χ1n) is 5.06. The van der Waals surface area contributed by atoms with Gasteiger partial charge in [-0.2, -0.15) is 0 Å². The Kier molecular flexibility index (Phi) is 5.52. The highest BCUT2D eigenvalue weighted by Crippen LogP contribution is 2.32. The lowest BCUT2D eigenvalue weighted by Crippen LogP contribution is -2.17. The molecule has 0 bridgehead atoms. The van der Waals surface area contributed by atoms with E-state index in [1.807, 2.05) is 0 Å². The summed E-state index contributed by atoms with van der Waals surface area (Å²) in [6.07, 6.45) is 6.25. The van der Waals surface area contributed by atoms with Crippen molar-refractivity contribution in [2.75, 3.05) is 13.2 Å². The van der Waals surface area contributed by atoms with Gasteiger partial charge in [0.15, 0.2) is 0 Å². The maximum Gasteiger partial charge on any atom is 0.697 e. The summed E-state index contributed by atoms with van der Waals surface area (Å²) < 4.78 is 20.6. The van der Waals surface area contributed by atoms with Crippen LogP contribution in [0.5, 0.6) is 0 Å². The molecule has 0 unspecified atom stereocenters. The quantitative estimate of drug-likeness (QED) is 0.510. The van der Waals surface area contributed by atoms with E-state index in [1.54, 1.807) is 0 Å². The summed E-state index contributed by atoms with van der Waals surface area (Å²) in [7, 11) is -1.79. The first-order valence-corrected chi connectivity index (χ1v) is 6.15. The lowest BCUT2D eigenvalue weighted by molar-refractivity contribution is 0.102. The van der Waals surface area contributed by atoms with Gasteiger partial charge in [-0.1, -0.05) is 32.6 Å². The molecule has 1 fully saturated rings. The van der Waals surface area contributed by atoms with E-state index in [0.717, 1.165) is 6.42 Å². The smallest absolute Gasteiger partial charge is 0.119 e. The van der Waals surface area contributed by atoms with Crippen molar-refractivity contribution in [2.45, 2.75) is 39.0 Å². The van der Waals surface area contributed by atoms with Gasteiger partial charge in [0.1, 0.15) is 13.2 Å². The van der Waals surface area contributed by atoms with E-state index in [9.17, 15) is 4.57 Å².